The Morgan fingerprint density at radius 1 is 1.55 bits per heavy atom. The van der Waals surface area contributed by atoms with Gasteiger partial charge in [0, 0.05) is 5.56 Å². The number of halogens is 1. The predicted octanol–water partition coefficient (Wildman–Crippen LogP) is 2.82. The van der Waals surface area contributed by atoms with Crippen molar-refractivity contribution in [1.29, 1.82) is 0 Å². The van der Waals surface area contributed by atoms with Gasteiger partial charge < -0.3 is 4.74 Å². The lowest BCUT2D eigenvalue weighted by molar-refractivity contribution is 0.355. The largest absolute Gasteiger partial charge is 0.492 e. The van der Waals surface area contributed by atoms with Gasteiger partial charge in [0.05, 0.1) is 4.83 Å². The zero-order valence-corrected chi connectivity index (χ0v) is 7.89. The molecule has 11 heavy (non-hydrogen) atoms. The summed E-state index contributed by atoms with van der Waals surface area (Å²) in [6.07, 6.45) is 0. The molecule has 0 fully saturated rings. The van der Waals surface area contributed by atoms with Crippen molar-refractivity contribution in [1.82, 2.24) is 0 Å². The normalized spacial score (nSPS) is 21.1. The Balaban J connectivity index is 2.50. The zero-order chi connectivity index (χ0) is 7.84. The first-order valence-electron chi connectivity index (χ1n) is 3.65. The molecule has 2 heteroatoms. The molecule has 1 heterocycles. The molecule has 1 aromatic rings. The fraction of sp³-hybridized carbons (Fsp3) is 0.333. The van der Waals surface area contributed by atoms with Gasteiger partial charge in [-0.05, 0) is 18.6 Å². The van der Waals surface area contributed by atoms with Crippen LogP contribution in [0, 0.1) is 6.92 Å². The van der Waals surface area contributed by atoms with E-state index in [9.17, 15) is 0 Å². The fourth-order valence-corrected chi connectivity index (χ4v) is 1.79. The first-order chi connectivity index (χ1) is 5.27. The lowest BCUT2D eigenvalue weighted by Gasteiger charge is -1.99. The number of benzene rings is 1. The summed E-state index contributed by atoms with van der Waals surface area (Å²) < 4.78 is 5.44. The quantitative estimate of drug-likeness (QED) is 0.602. The molecule has 0 aliphatic carbocycles. The standard InChI is InChI=1S/C9H9BrO/c1-6-2-3-7-8(10)5-11-9(7)4-6/h2-4,8H,5H2,1H3. The highest BCUT2D eigenvalue weighted by Gasteiger charge is 2.20. The second-order valence-electron chi connectivity index (χ2n) is 2.82. The molecule has 1 aliphatic rings. The van der Waals surface area contributed by atoms with Crippen LogP contribution in [0.25, 0.3) is 0 Å². The second kappa shape index (κ2) is 2.52. The molecule has 1 aromatic carbocycles. The highest BCUT2D eigenvalue weighted by atomic mass is 79.9. The topological polar surface area (TPSA) is 9.23 Å². The molecular weight excluding hydrogens is 204 g/mol. The molecule has 0 aromatic heterocycles. The van der Waals surface area contributed by atoms with Crippen LogP contribution in [-0.2, 0) is 0 Å². The molecule has 0 spiro atoms. The zero-order valence-electron chi connectivity index (χ0n) is 6.30. The SMILES string of the molecule is Cc1ccc2c(c1)OCC2Br. The monoisotopic (exact) mass is 212 g/mol. The van der Waals surface area contributed by atoms with Crippen molar-refractivity contribution in [2.24, 2.45) is 0 Å². The van der Waals surface area contributed by atoms with Gasteiger partial charge in [-0.15, -0.1) is 0 Å². The van der Waals surface area contributed by atoms with Crippen molar-refractivity contribution in [2.45, 2.75) is 11.8 Å². The summed E-state index contributed by atoms with van der Waals surface area (Å²) in [5.41, 5.74) is 2.53. The van der Waals surface area contributed by atoms with Crippen LogP contribution in [0.4, 0.5) is 0 Å². The molecule has 58 valence electrons. The number of aryl methyl sites for hydroxylation is 1. The summed E-state index contributed by atoms with van der Waals surface area (Å²) in [6, 6.07) is 6.31. The van der Waals surface area contributed by atoms with Crippen LogP contribution in [0.3, 0.4) is 0 Å². The van der Waals surface area contributed by atoms with E-state index in [2.05, 4.69) is 41.1 Å². The summed E-state index contributed by atoms with van der Waals surface area (Å²) in [5, 5.41) is 0. The molecule has 0 radical (unpaired) electrons. The van der Waals surface area contributed by atoms with E-state index in [0.29, 0.717) is 4.83 Å². The van der Waals surface area contributed by atoms with Crippen molar-refractivity contribution >= 4 is 15.9 Å². The highest BCUT2D eigenvalue weighted by molar-refractivity contribution is 9.09. The van der Waals surface area contributed by atoms with Crippen LogP contribution in [0.1, 0.15) is 16.0 Å². The molecule has 0 bridgehead atoms. The maximum atomic E-state index is 5.44. The van der Waals surface area contributed by atoms with Crippen molar-refractivity contribution in [2.75, 3.05) is 6.61 Å². The molecule has 0 amide bonds. The third-order valence-corrected chi connectivity index (χ3v) is 2.65. The minimum Gasteiger partial charge on any atom is -0.492 e. The lowest BCUT2D eigenvalue weighted by atomic mass is 10.1. The minimum atomic E-state index is 0.387. The van der Waals surface area contributed by atoms with Gasteiger partial charge in [-0.3, -0.25) is 0 Å². The van der Waals surface area contributed by atoms with Gasteiger partial charge in [-0.1, -0.05) is 28.1 Å². The third kappa shape index (κ3) is 1.16. The van der Waals surface area contributed by atoms with Gasteiger partial charge in [-0.25, -0.2) is 0 Å². The van der Waals surface area contributed by atoms with Crippen LogP contribution < -0.4 is 4.74 Å². The maximum Gasteiger partial charge on any atom is 0.124 e. The van der Waals surface area contributed by atoms with E-state index in [-0.39, 0.29) is 0 Å². The Morgan fingerprint density at radius 3 is 3.18 bits per heavy atom. The first-order valence-corrected chi connectivity index (χ1v) is 4.56. The number of rotatable bonds is 0. The van der Waals surface area contributed by atoms with Crippen LogP contribution >= 0.6 is 15.9 Å². The Bertz CT molecular complexity index is 283. The van der Waals surface area contributed by atoms with Crippen molar-refractivity contribution in [3.8, 4) is 5.75 Å². The summed E-state index contributed by atoms with van der Waals surface area (Å²) in [4.78, 5) is 0.387. The van der Waals surface area contributed by atoms with E-state index in [4.69, 9.17) is 4.74 Å². The molecule has 0 saturated heterocycles. The van der Waals surface area contributed by atoms with Gasteiger partial charge in [0.15, 0.2) is 0 Å². The fourth-order valence-electron chi connectivity index (χ4n) is 1.28. The van der Waals surface area contributed by atoms with Crippen LogP contribution in [0.15, 0.2) is 18.2 Å². The van der Waals surface area contributed by atoms with Crippen molar-refractivity contribution < 1.29 is 4.74 Å². The molecule has 1 nitrogen and oxygen atoms in total. The third-order valence-electron chi connectivity index (χ3n) is 1.89. The van der Waals surface area contributed by atoms with Crippen molar-refractivity contribution in [3.05, 3.63) is 29.3 Å². The van der Waals surface area contributed by atoms with E-state index in [1.807, 2.05) is 0 Å². The Kier molecular flexibility index (Phi) is 1.64. The summed E-state index contributed by atoms with van der Waals surface area (Å²) in [6.45, 7) is 2.84. The van der Waals surface area contributed by atoms with Crippen LogP contribution in [0.5, 0.6) is 5.75 Å². The molecule has 0 saturated carbocycles. The Hall–Kier alpha value is -0.500. The number of ether oxygens (including phenoxy) is 1. The van der Waals surface area contributed by atoms with Gasteiger partial charge in [0.25, 0.3) is 0 Å². The number of hydrogen-bond donors (Lipinski definition) is 0. The maximum absolute atomic E-state index is 5.44. The molecular formula is C9H9BrO. The Labute approximate surface area is 74.5 Å². The molecule has 2 rings (SSSR count). The van der Waals surface area contributed by atoms with E-state index in [1.165, 1.54) is 11.1 Å². The lowest BCUT2D eigenvalue weighted by Crippen LogP contribution is -1.89. The van der Waals surface area contributed by atoms with Crippen molar-refractivity contribution in [3.63, 3.8) is 0 Å². The van der Waals surface area contributed by atoms with Gasteiger partial charge >= 0.3 is 0 Å². The van der Waals surface area contributed by atoms with Crippen LogP contribution in [-0.4, -0.2) is 6.61 Å². The van der Waals surface area contributed by atoms with Gasteiger partial charge in [-0.2, -0.15) is 0 Å². The summed E-state index contributed by atoms with van der Waals surface area (Å²) in [7, 11) is 0. The molecule has 1 atom stereocenters. The van der Waals surface area contributed by atoms with Crippen LogP contribution in [0.2, 0.25) is 0 Å². The average molecular weight is 213 g/mol. The van der Waals surface area contributed by atoms with E-state index in [1.54, 1.807) is 0 Å². The molecule has 0 N–H and O–H groups in total. The number of alkyl halides is 1. The molecule has 1 aliphatic heterocycles. The van der Waals surface area contributed by atoms with Gasteiger partial charge in [0.2, 0.25) is 0 Å². The first kappa shape index (κ1) is 7.17. The summed E-state index contributed by atoms with van der Waals surface area (Å²) in [5.74, 6) is 1.03. The number of fused-ring (bicyclic) bond motifs is 1. The Morgan fingerprint density at radius 2 is 2.36 bits per heavy atom. The molecule has 1 unspecified atom stereocenters. The second-order valence-corrected chi connectivity index (χ2v) is 3.93. The average Bonchev–Trinajstić information content (AvgIpc) is 2.32. The minimum absolute atomic E-state index is 0.387. The van der Waals surface area contributed by atoms with E-state index in [0.717, 1.165) is 12.4 Å². The summed E-state index contributed by atoms with van der Waals surface area (Å²) >= 11 is 3.54. The van der Waals surface area contributed by atoms with Gasteiger partial charge in [0.1, 0.15) is 12.4 Å². The van der Waals surface area contributed by atoms with E-state index < -0.39 is 0 Å². The highest BCUT2D eigenvalue weighted by Crippen LogP contribution is 2.37. The number of hydrogen-bond acceptors (Lipinski definition) is 1. The predicted molar refractivity (Wildman–Crippen MR) is 48.3 cm³/mol. The van der Waals surface area contributed by atoms with E-state index >= 15 is 0 Å². The smallest absolute Gasteiger partial charge is 0.124 e.